The zero-order chi connectivity index (χ0) is 20.8. The molecule has 0 aliphatic carbocycles. The number of rotatable bonds is 5. The average Bonchev–Trinajstić information content (AvgIpc) is 3.24. The summed E-state index contributed by atoms with van der Waals surface area (Å²) in [6.07, 6.45) is -0.923. The summed E-state index contributed by atoms with van der Waals surface area (Å²) >= 11 is 0. The third-order valence-electron chi connectivity index (χ3n) is 4.98. The Morgan fingerprint density at radius 2 is 1.79 bits per heavy atom. The number of benzene rings is 2. The third-order valence-corrected chi connectivity index (χ3v) is 6.70. The molecule has 0 bridgehead atoms. The van der Waals surface area contributed by atoms with Gasteiger partial charge in [0, 0.05) is 10.9 Å². The zero-order valence-corrected chi connectivity index (χ0v) is 16.7. The molecular weight excluding hydrogens is 394 g/mol. The fourth-order valence-electron chi connectivity index (χ4n) is 3.64. The van der Waals surface area contributed by atoms with Crippen molar-refractivity contribution in [3.8, 4) is 0 Å². The van der Waals surface area contributed by atoms with Crippen molar-refractivity contribution in [1.82, 2.24) is 3.97 Å². The highest BCUT2D eigenvalue weighted by molar-refractivity contribution is 7.90. The SMILES string of the molecule is CCOC(=O)C(C)C1OC(=O)c2c1c1ccccc1n2S(=O)(=O)c1ccccc1. The summed E-state index contributed by atoms with van der Waals surface area (Å²) in [6, 6.07) is 14.7. The molecule has 1 aliphatic rings. The standard InChI is InChI=1S/C21H19NO6S/c1-3-27-20(23)13(2)19-17-15-11-7-8-12-16(15)22(18(17)21(24)28-19)29(25,26)14-9-5-4-6-10-14/h4-13,19H,3H2,1-2H3. The molecule has 150 valence electrons. The van der Waals surface area contributed by atoms with E-state index in [-0.39, 0.29) is 17.2 Å². The number of carbonyl (C=O) groups is 2. The van der Waals surface area contributed by atoms with Crippen LogP contribution in [0.2, 0.25) is 0 Å². The molecule has 3 aromatic rings. The van der Waals surface area contributed by atoms with Crippen LogP contribution in [-0.2, 0) is 24.3 Å². The zero-order valence-electron chi connectivity index (χ0n) is 15.9. The summed E-state index contributed by atoms with van der Waals surface area (Å²) in [4.78, 5) is 25.1. The van der Waals surface area contributed by atoms with Crippen molar-refractivity contribution < 1.29 is 27.5 Å². The van der Waals surface area contributed by atoms with Gasteiger partial charge in [-0.2, -0.15) is 0 Å². The highest BCUT2D eigenvalue weighted by Crippen LogP contribution is 2.44. The molecule has 2 heterocycles. The lowest BCUT2D eigenvalue weighted by atomic mass is 9.96. The van der Waals surface area contributed by atoms with Crippen molar-refractivity contribution in [2.75, 3.05) is 6.61 Å². The summed E-state index contributed by atoms with van der Waals surface area (Å²) in [5, 5.41) is 0.550. The van der Waals surface area contributed by atoms with E-state index in [9.17, 15) is 18.0 Å². The number of hydrogen-bond donors (Lipinski definition) is 0. The van der Waals surface area contributed by atoms with Crippen LogP contribution in [0.25, 0.3) is 10.9 Å². The van der Waals surface area contributed by atoms with Crippen LogP contribution in [0.5, 0.6) is 0 Å². The van der Waals surface area contributed by atoms with E-state index in [1.807, 2.05) is 0 Å². The number of nitrogens with zero attached hydrogens (tertiary/aromatic N) is 1. The first kappa shape index (κ1) is 19.2. The van der Waals surface area contributed by atoms with Gasteiger partial charge < -0.3 is 9.47 Å². The molecule has 0 N–H and O–H groups in total. The summed E-state index contributed by atoms with van der Waals surface area (Å²) in [5.74, 6) is -2.07. The number of fused-ring (bicyclic) bond motifs is 3. The maximum absolute atomic E-state index is 13.4. The molecule has 2 unspecified atom stereocenters. The Labute approximate surface area is 167 Å². The van der Waals surface area contributed by atoms with E-state index in [0.29, 0.717) is 16.5 Å². The Morgan fingerprint density at radius 3 is 2.48 bits per heavy atom. The largest absolute Gasteiger partial charge is 0.466 e. The van der Waals surface area contributed by atoms with Gasteiger partial charge >= 0.3 is 11.9 Å². The van der Waals surface area contributed by atoms with E-state index in [1.54, 1.807) is 56.3 Å². The number of para-hydroxylation sites is 1. The van der Waals surface area contributed by atoms with Crippen molar-refractivity contribution in [3.05, 3.63) is 65.9 Å². The fourth-order valence-corrected chi connectivity index (χ4v) is 5.19. The minimum atomic E-state index is -4.06. The van der Waals surface area contributed by atoms with Crippen molar-refractivity contribution in [1.29, 1.82) is 0 Å². The molecule has 2 aromatic carbocycles. The first-order valence-electron chi connectivity index (χ1n) is 9.19. The van der Waals surface area contributed by atoms with Crippen LogP contribution in [0.3, 0.4) is 0 Å². The molecule has 29 heavy (non-hydrogen) atoms. The lowest BCUT2D eigenvalue weighted by Crippen LogP contribution is -2.22. The molecule has 1 aliphatic heterocycles. The van der Waals surface area contributed by atoms with Crippen molar-refractivity contribution >= 4 is 32.9 Å². The second-order valence-electron chi connectivity index (χ2n) is 6.73. The van der Waals surface area contributed by atoms with Gasteiger partial charge in [-0.05, 0) is 32.0 Å². The van der Waals surface area contributed by atoms with Crippen LogP contribution in [-0.4, -0.2) is 30.9 Å². The highest BCUT2D eigenvalue weighted by Gasteiger charge is 2.45. The number of esters is 2. The van der Waals surface area contributed by atoms with Crippen LogP contribution >= 0.6 is 0 Å². The maximum atomic E-state index is 13.4. The normalized spacial score (nSPS) is 17.0. The minimum absolute atomic E-state index is 0.0539. The molecule has 0 spiro atoms. The number of aromatic nitrogens is 1. The Balaban J connectivity index is 1.98. The van der Waals surface area contributed by atoms with E-state index < -0.39 is 34.0 Å². The summed E-state index contributed by atoms with van der Waals surface area (Å²) < 4.78 is 38.3. The molecule has 2 atom stereocenters. The van der Waals surface area contributed by atoms with E-state index in [1.165, 1.54) is 12.1 Å². The van der Waals surface area contributed by atoms with Crippen molar-refractivity contribution in [2.24, 2.45) is 5.92 Å². The third kappa shape index (κ3) is 2.91. The fraction of sp³-hybridized carbons (Fsp3) is 0.238. The Kier molecular flexibility index (Phi) is 4.66. The molecule has 1 aromatic heterocycles. The summed E-state index contributed by atoms with van der Waals surface area (Å²) in [6.45, 7) is 3.48. The second kappa shape index (κ2) is 7.04. The first-order valence-corrected chi connectivity index (χ1v) is 10.6. The molecule has 0 fully saturated rings. The molecule has 0 saturated carbocycles. The molecule has 0 amide bonds. The van der Waals surface area contributed by atoms with E-state index in [4.69, 9.17) is 9.47 Å². The predicted octanol–water partition coefficient (Wildman–Crippen LogP) is 3.29. The summed E-state index contributed by atoms with van der Waals surface area (Å²) in [7, 11) is -4.06. The van der Waals surface area contributed by atoms with Crippen LogP contribution < -0.4 is 0 Å². The molecule has 7 nitrogen and oxygen atoms in total. The van der Waals surface area contributed by atoms with Crippen LogP contribution in [0.4, 0.5) is 0 Å². The van der Waals surface area contributed by atoms with Gasteiger partial charge in [0.1, 0.15) is 11.8 Å². The number of hydrogen-bond acceptors (Lipinski definition) is 6. The number of carbonyl (C=O) groups excluding carboxylic acids is 2. The van der Waals surface area contributed by atoms with Gasteiger partial charge in [0.15, 0.2) is 0 Å². The number of ether oxygens (including phenoxy) is 2. The van der Waals surface area contributed by atoms with Gasteiger partial charge in [-0.15, -0.1) is 0 Å². The maximum Gasteiger partial charge on any atom is 0.357 e. The monoisotopic (exact) mass is 413 g/mol. The molecule has 4 rings (SSSR count). The molecular formula is C21H19NO6S. The molecule has 0 radical (unpaired) electrons. The lowest BCUT2D eigenvalue weighted by molar-refractivity contribution is -0.151. The average molecular weight is 413 g/mol. The molecule has 0 saturated heterocycles. The highest BCUT2D eigenvalue weighted by atomic mass is 32.2. The van der Waals surface area contributed by atoms with E-state index in [0.717, 1.165) is 3.97 Å². The smallest absolute Gasteiger partial charge is 0.357 e. The van der Waals surface area contributed by atoms with Gasteiger partial charge in [0.25, 0.3) is 10.0 Å². The van der Waals surface area contributed by atoms with Gasteiger partial charge in [-0.3, -0.25) is 4.79 Å². The Bertz CT molecular complexity index is 1210. The van der Waals surface area contributed by atoms with Gasteiger partial charge in [0.05, 0.1) is 22.9 Å². The Hall–Kier alpha value is -3.13. The van der Waals surface area contributed by atoms with Gasteiger partial charge in [-0.1, -0.05) is 36.4 Å². The quantitative estimate of drug-likeness (QED) is 0.596. The summed E-state index contributed by atoms with van der Waals surface area (Å²) in [5.41, 5.74) is 0.681. The van der Waals surface area contributed by atoms with Gasteiger partial charge in [0.2, 0.25) is 0 Å². The van der Waals surface area contributed by atoms with Crippen LogP contribution in [0.1, 0.15) is 36.0 Å². The number of cyclic esters (lactones) is 1. The Morgan fingerprint density at radius 1 is 1.14 bits per heavy atom. The minimum Gasteiger partial charge on any atom is -0.466 e. The van der Waals surface area contributed by atoms with Gasteiger partial charge in [-0.25, -0.2) is 17.2 Å². The predicted molar refractivity (Wildman–Crippen MR) is 105 cm³/mol. The molecule has 8 heteroatoms. The van der Waals surface area contributed by atoms with Crippen molar-refractivity contribution in [3.63, 3.8) is 0 Å². The van der Waals surface area contributed by atoms with E-state index in [2.05, 4.69) is 0 Å². The van der Waals surface area contributed by atoms with E-state index >= 15 is 0 Å². The second-order valence-corrected chi connectivity index (χ2v) is 8.52. The lowest BCUT2D eigenvalue weighted by Gasteiger charge is -2.17. The van der Waals surface area contributed by atoms with Crippen LogP contribution in [0, 0.1) is 5.92 Å². The van der Waals surface area contributed by atoms with Crippen molar-refractivity contribution in [2.45, 2.75) is 24.8 Å². The first-order chi connectivity index (χ1) is 13.9. The van der Waals surface area contributed by atoms with Crippen LogP contribution in [0.15, 0.2) is 59.5 Å². The topological polar surface area (TPSA) is 91.7 Å².